The number of hydrogen-bond acceptors (Lipinski definition) is 6. The van der Waals surface area contributed by atoms with E-state index in [1.807, 2.05) is 11.8 Å². The minimum Gasteiger partial charge on any atom is -0.368 e. The van der Waals surface area contributed by atoms with Crippen LogP contribution in [-0.2, 0) is 0 Å². The van der Waals surface area contributed by atoms with E-state index in [9.17, 15) is 0 Å². The Hall–Kier alpha value is -1.01. The van der Waals surface area contributed by atoms with Gasteiger partial charge in [0, 0.05) is 29.0 Å². The van der Waals surface area contributed by atoms with Gasteiger partial charge in [-0.2, -0.15) is 16.7 Å². The molecule has 1 aliphatic heterocycles. The minimum absolute atomic E-state index is 0.379. The predicted molar refractivity (Wildman–Crippen MR) is 80.7 cm³/mol. The third-order valence-corrected chi connectivity index (χ3v) is 5.29. The zero-order valence-corrected chi connectivity index (χ0v) is 12.1. The average molecular weight is 280 g/mol. The number of anilines is 2. The van der Waals surface area contributed by atoms with Gasteiger partial charge in [0.15, 0.2) is 0 Å². The number of fused-ring (bicyclic) bond motifs is 1. The smallest absolute Gasteiger partial charge is 0.223 e. The van der Waals surface area contributed by atoms with Crippen LogP contribution in [0.3, 0.4) is 0 Å². The second kappa shape index (κ2) is 4.59. The molecule has 18 heavy (non-hydrogen) atoms. The molecule has 2 aromatic heterocycles. The van der Waals surface area contributed by atoms with Crippen molar-refractivity contribution in [2.24, 2.45) is 0 Å². The van der Waals surface area contributed by atoms with Crippen LogP contribution in [0.4, 0.5) is 11.8 Å². The lowest BCUT2D eigenvalue weighted by molar-refractivity contribution is 0.693. The number of nitrogen functional groups attached to an aromatic ring is 1. The van der Waals surface area contributed by atoms with Crippen molar-refractivity contribution in [1.82, 2.24) is 9.97 Å². The van der Waals surface area contributed by atoms with Gasteiger partial charge in [0.2, 0.25) is 5.95 Å². The summed E-state index contributed by atoms with van der Waals surface area (Å²) in [6.07, 6.45) is 0. The molecule has 3 heterocycles. The van der Waals surface area contributed by atoms with Crippen molar-refractivity contribution in [2.75, 3.05) is 28.7 Å². The van der Waals surface area contributed by atoms with Crippen molar-refractivity contribution in [3.63, 3.8) is 0 Å². The molecule has 1 unspecified atom stereocenters. The maximum absolute atomic E-state index is 5.84. The molecule has 6 heteroatoms. The van der Waals surface area contributed by atoms with E-state index in [-0.39, 0.29) is 0 Å². The second-order valence-electron chi connectivity index (χ2n) is 4.60. The first-order valence-electron chi connectivity index (χ1n) is 6.03. The number of aromatic nitrogens is 2. The van der Waals surface area contributed by atoms with E-state index in [0.717, 1.165) is 34.1 Å². The van der Waals surface area contributed by atoms with Gasteiger partial charge in [0.25, 0.3) is 0 Å². The van der Waals surface area contributed by atoms with E-state index >= 15 is 0 Å². The maximum atomic E-state index is 5.84. The number of aryl methyl sites for hydroxylation is 1. The quantitative estimate of drug-likeness (QED) is 0.870. The molecular formula is C12H16N4S2. The van der Waals surface area contributed by atoms with Gasteiger partial charge < -0.3 is 10.6 Å². The molecule has 4 nitrogen and oxygen atoms in total. The Bertz CT molecular complexity index is 581. The first-order chi connectivity index (χ1) is 8.65. The molecule has 0 amide bonds. The van der Waals surface area contributed by atoms with Crippen LogP contribution in [0, 0.1) is 6.92 Å². The lowest BCUT2D eigenvalue weighted by atomic mass is 10.2. The summed E-state index contributed by atoms with van der Waals surface area (Å²) in [6, 6.07) is 2.67. The summed E-state index contributed by atoms with van der Waals surface area (Å²) < 4.78 is 0. The Morgan fingerprint density at radius 2 is 2.28 bits per heavy atom. The monoisotopic (exact) mass is 280 g/mol. The van der Waals surface area contributed by atoms with Crippen molar-refractivity contribution in [2.45, 2.75) is 19.9 Å². The lowest BCUT2D eigenvalue weighted by Gasteiger charge is -2.34. The van der Waals surface area contributed by atoms with Crippen LogP contribution < -0.4 is 10.6 Å². The molecule has 1 fully saturated rings. The van der Waals surface area contributed by atoms with Gasteiger partial charge in [-0.25, -0.2) is 4.98 Å². The number of nitrogens with two attached hydrogens (primary N) is 1. The lowest BCUT2D eigenvalue weighted by Crippen LogP contribution is -2.41. The molecule has 0 spiro atoms. The van der Waals surface area contributed by atoms with Crippen molar-refractivity contribution in [3.05, 3.63) is 10.9 Å². The summed E-state index contributed by atoms with van der Waals surface area (Å²) in [6.45, 7) is 5.38. The predicted octanol–water partition coefficient (Wildman–Crippen LogP) is 2.52. The van der Waals surface area contributed by atoms with Crippen molar-refractivity contribution in [3.8, 4) is 0 Å². The van der Waals surface area contributed by atoms with Gasteiger partial charge in [0.1, 0.15) is 10.6 Å². The van der Waals surface area contributed by atoms with E-state index in [1.165, 1.54) is 4.88 Å². The van der Waals surface area contributed by atoms with Crippen molar-refractivity contribution < 1.29 is 0 Å². The molecule has 0 aromatic carbocycles. The Morgan fingerprint density at radius 1 is 1.44 bits per heavy atom. The highest BCUT2D eigenvalue weighted by Crippen LogP contribution is 2.33. The highest BCUT2D eigenvalue weighted by molar-refractivity contribution is 7.99. The van der Waals surface area contributed by atoms with Crippen molar-refractivity contribution in [1.29, 1.82) is 0 Å². The highest BCUT2D eigenvalue weighted by atomic mass is 32.2. The first kappa shape index (κ1) is 12.0. The molecule has 0 radical (unpaired) electrons. The molecule has 1 saturated heterocycles. The Kier molecular flexibility index (Phi) is 3.07. The van der Waals surface area contributed by atoms with E-state index in [2.05, 4.69) is 34.8 Å². The molecule has 3 rings (SSSR count). The third kappa shape index (κ3) is 2.03. The molecule has 0 aliphatic carbocycles. The second-order valence-corrected chi connectivity index (χ2v) is 6.98. The average Bonchev–Trinajstić information content (AvgIpc) is 2.69. The number of rotatable bonds is 1. The zero-order valence-electron chi connectivity index (χ0n) is 10.5. The van der Waals surface area contributed by atoms with Gasteiger partial charge in [-0.3, -0.25) is 0 Å². The first-order valence-corrected chi connectivity index (χ1v) is 8.00. The van der Waals surface area contributed by atoms with Gasteiger partial charge in [-0.15, -0.1) is 11.3 Å². The Labute approximate surface area is 115 Å². The summed E-state index contributed by atoms with van der Waals surface area (Å²) in [5, 5.41) is 1.14. The molecule has 1 atom stereocenters. The van der Waals surface area contributed by atoms with Crippen LogP contribution in [0.25, 0.3) is 10.2 Å². The third-order valence-electron chi connectivity index (χ3n) is 3.15. The fraction of sp³-hybridized carbons (Fsp3) is 0.500. The SMILES string of the molecule is Cc1cc2c(N3CCSCC3C)nc(N)nc2s1. The topological polar surface area (TPSA) is 55.0 Å². The fourth-order valence-corrected chi connectivity index (χ4v) is 4.20. The summed E-state index contributed by atoms with van der Waals surface area (Å²) in [7, 11) is 0. The highest BCUT2D eigenvalue weighted by Gasteiger charge is 2.23. The maximum Gasteiger partial charge on any atom is 0.223 e. The van der Waals surface area contributed by atoms with E-state index in [1.54, 1.807) is 11.3 Å². The normalized spacial score (nSPS) is 20.6. The molecule has 2 aromatic rings. The van der Waals surface area contributed by atoms with E-state index in [0.29, 0.717) is 12.0 Å². The number of nitrogens with zero attached hydrogens (tertiary/aromatic N) is 3. The summed E-state index contributed by atoms with van der Waals surface area (Å²) in [5.41, 5.74) is 5.84. The summed E-state index contributed by atoms with van der Waals surface area (Å²) in [4.78, 5) is 13.4. The Morgan fingerprint density at radius 3 is 3.06 bits per heavy atom. The summed E-state index contributed by atoms with van der Waals surface area (Å²) >= 11 is 3.69. The minimum atomic E-state index is 0.379. The van der Waals surface area contributed by atoms with E-state index < -0.39 is 0 Å². The number of hydrogen-bond donors (Lipinski definition) is 1. The zero-order chi connectivity index (χ0) is 12.7. The molecule has 1 aliphatic rings. The van der Waals surface area contributed by atoms with Crippen LogP contribution >= 0.6 is 23.1 Å². The standard InChI is InChI=1S/C12H16N4S2/c1-7-6-17-4-3-16(7)10-9-5-8(2)18-11(9)15-12(13)14-10/h5,7H,3-4,6H2,1-2H3,(H2,13,14,15). The van der Waals surface area contributed by atoms with Crippen molar-refractivity contribution >= 4 is 45.1 Å². The molecule has 2 N–H and O–H groups in total. The molecule has 0 bridgehead atoms. The molecule has 96 valence electrons. The van der Waals surface area contributed by atoms with Gasteiger partial charge in [-0.05, 0) is 19.9 Å². The van der Waals surface area contributed by atoms with Gasteiger partial charge >= 0.3 is 0 Å². The van der Waals surface area contributed by atoms with Gasteiger partial charge in [0.05, 0.1) is 5.39 Å². The van der Waals surface area contributed by atoms with E-state index in [4.69, 9.17) is 5.73 Å². The van der Waals surface area contributed by atoms with Gasteiger partial charge in [-0.1, -0.05) is 0 Å². The number of thioether (sulfide) groups is 1. The van der Waals surface area contributed by atoms with Crippen LogP contribution in [0.2, 0.25) is 0 Å². The Balaban J connectivity index is 2.14. The number of thiophene rings is 1. The van der Waals surface area contributed by atoms with Crippen LogP contribution in [0.5, 0.6) is 0 Å². The molecular weight excluding hydrogens is 264 g/mol. The molecule has 0 saturated carbocycles. The van der Waals surface area contributed by atoms with Crippen LogP contribution in [-0.4, -0.2) is 34.1 Å². The summed E-state index contributed by atoms with van der Waals surface area (Å²) in [5.74, 6) is 3.69. The fourth-order valence-electron chi connectivity index (χ4n) is 2.30. The van der Waals surface area contributed by atoms with Crippen LogP contribution in [0.15, 0.2) is 6.07 Å². The largest absolute Gasteiger partial charge is 0.368 e. The van der Waals surface area contributed by atoms with Crippen LogP contribution in [0.1, 0.15) is 11.8 Å².